The highest BCUT2D eigenvalue weighted by Crippen LogP contribution is 2.15. The third-order valence-electron chi connectivity index (χ3n) is 1.75. The van der Waals surface area contributed by atoms with Crippen LogP contribution in [0.25, 0.3) is 0 Å². The lowest BCUT2D eigenvalue weighted by molar-refractivity contribution is 2.18. The average molecular weight is 201 g/mol. The largest absolute Gasteiger partial charge is 0.169 e. The summed E-state index contributed by atoms with van der Waals surface area (Å²) in [6.07, 6.45) is 0. The van der Waals surface area contributed by atoms with Crippen molar-refractivity contribution in [1.29, 1.82) is 0 Å². The molecule has 0 radical (unpaired) electrons. The Morgan fingerprint density at radius 3 is 1.45 bits per heavy atom. The van der Waals surface area contributed by atoms with Gasteiger partial charge in [-0.1, -0.05) is 22.8 Å². The van der Waals surface area contributed by atoms with Crippen LogP contribution in [0.2, 0.25) is 0 Å². The van der Waals surface area contributed by atoms with Crippen LogP contribution in [0.4, 0.5) is 0 Å². The van der Waals surface area contributed by atoms with E-state index < -0.39 is 15.2 Å². The fourth-order valence-electron chi connectivity index (χ4n) is 0.792. The van der Waals surface area contributed by atoms with Gasteiger partial charge in [-0.2, -0.15) is 11.1 Å². The zero-order valence-electron chi connectivity index (χ0n) is 6.59. The molecule has 0 saturated carbocycles. The SMILES string of the molecule is C=C[SiH](Cl)[Si](C=C)(C=C)C=C. The molecular formula is C8H13ClSi2. The van der Waals surface area contributed by atoms with E-state index in [2.05, 4.69) is 26.3 Å². The van der Waals surface area contributed by atoms with Crippen LogP contribution in [-0.2, 0) is 0 Å². The molecule has 0 spiro atoms. The minimum atomic E-state index is -1.74. The maximum Gasteiger partial charge on any atom is 0.167 e. The van der Waals surface area contributed by atoms with E-state index in [-0.39, 0.29) is 0 Å². The molecule has 0 bridgehead atoms. The Bertz CT molecular complexity index is 165. The molecule has 0 heterocycles. The standard InChI is InChI=1S/C8H13ClSi2/c1-5-10(9)11(6-2,7-3)8-4/h5-8,10H,1-4H2. The lowest BCUT2D eigenvalue weighted by Crippen LogP contribution is -2.42. The topological polar surface area (TPSA) is 0 Å². The van der Waals surface area contributed by atoms with Gasteiger partial charge in [0.1, 0.15) is 7.59 Å². The van der Waals surface area contributed by atoms with Gasteiger partial charge in [-0.15, -0.1) is 26.3 Å². The van der Waals surface area contributed by atoms with Crippen LogP contribution in [0.3, 0.4) is 0 Å². The molecule has 0 aromatic rings. The first kappa shape index (κ1) is 10.7. The smallest absolute Gasteiger partial charge is 0.167 e. The Morgan fingerprint density at radius 1 is 1.00 bits per heavy atom. The van der Waals surface area contributed by atoms with Crippen molar-refractivity contribution in [3.63, 3.8) is 0 Å². The Hall–Kier alpha value is -0.316. The third kappa shape index (κ3) is 2.05. The predicted molar refractivity (Wildman–Crippen MR) is 59.5 cm³/mol. The van der Waals surface area contributed by atoms with Gasteiger partial charge < -0.3 is 0 Å². The second-order valence-electron chi connectivity index (χ2n) is 2.25. The molecule has 0 aliphatic heterocycles. The van der Waals surface area contributed by atoms with Crippen LogP contribution in [0.5, 0.6) is 0 Å². The van der Waals surface area contributed by atoms with Gasteiger partial charge in [0.15, 0.2) is 7.62 Å². The summed E-state index contributed by atoms with van der Waals surface area (Å²) < 4.78 is 0. The number of hydrogen-bond donors (Lipinski definition) is 0. The Balaban J connectivity index is 4.80. The maximum atomic E-state index is 6.16. The van der Waals surface area contributed by atoms with Crippen molar-refractivity contribution in [2.75, 3.05) is 0 Å². The van der Waals surface area contributed by atoms with Crippen molar-refractivity contribution in [2.24, 2.45) is 0 Å². The summed E-state index contributed by atoms with van der Waals surface area (Å²) in [4.78, 5) is 0. The summed E-state index contributed by atoms with van der Waals surface area (Å²) in [5.41, 5.74) is 7.59. The van der Waals surface area contributed by atoms with Crippen molar-refractivity contribution >= 4 is 26.3 Å². The summed E-state index contributed by atoms with van der Waals surface area (Å²) in [7, 11) is -3.15. The first-order valence-electron chi connectivity index (χ1n) is 3.34. The molecule has 1 atom stereocenters. The zero-order chi connectivity index (χ0) is 8.91. The van der Waals surface area contributed by atoms with Gasteiger partial charge >= 0.3 is 0 Å². The van der Waals surface area contributed by atoms with Gasteiger partial charge in [-0.05, 0) is 0 Å². The molecule has 3 heteroatoms. The maximum absolute atomic E-state index is 6.16. The van der Waals surface area contributed by atoms with Gasteiger partial charge in [-0.25, -0.2) is 0 Å². The van der Waals surface area contributed by atoms with Crippen molar-refractivity contribution < 1.29 is 0 Å². The van der Waals surface area contributed by atoms with Crippen molar-refractivity contribution in [3.8, 4) is 0 Å². The second kappa shape index (κ2) is 4.54. The van der Waals surface area contributed by atoms with Crippen LogP contribution < -0.4 is 0 Å². The molecule has 11 heavy (non-hydrogen) atoms. The predicted octanol–water partition coefficient (Wildman–Crippen LogP) is 2.38. The van der Waals surface area contributed by atoms with Crippen molar-refractivity contribution in [2.45, 2.75) is 0 Å². The molecule has 0 rings (SSSR count). The molecule has 0 aromatic carbocycles. The summed E-state index contributed by atoms with van der Waals surface area (Å²) in [5, 5.41) is 0. The van der Waals surface area contributed by atoms with E-state index >= 15 is 0 Å². The highest BCUT2D eigenvalue weighted by molar-refractivity contribution is 7.56. The van der Waals surface area contributed by atoms with Crippen molar-refractivity contribution in [1.82, 2.24) is 0 Å². The van der Waals surface area contributed by atoms with E-state index in [1.165, 1.54) is 0 Å². The lowest BCUT2D eigenvalue weighted by atomic mass is 11.2. The van der Waals surface area contributed by atoms with Crippen LogP contribution in [-0.4, -0.2) is 15.2 Å². The van der Waals surface area contributed by atoms with Gasteiger partial charge in [0, 0.05) is 0 Å². The van der Waals surface area contributed by atoms with Crippen molar-refractivity contribution in [3.05, 3.63) is 49.1 Å². The Kier molecular flexibility index (Phi) is 4.41. The molecule has 0 saturated heterocycles. The van der Waals surface area contributed by atoms with E-state index in [4.69, 9.17) is 11.1 Å². The van der Waals surface area contributed by atoms with Crippen LogP contribution in [0, 0.1) is 0 Å². The highest BCUT2D eigenvalue weighted by atomic mass is 35.6. The number of halogens is 1. The summed E-state index contributed by atoms with van der Waals surface area (Å²) in [5.74, 6) is 0. The second-order valence-corrected chi connectivity index (χ2v) is 14.1. The fraction of sp³-hybridized carbons (Fsp3) is 0. The van der Waals surface area contributed by atoms with E-state index in [1.54, 1.807) is 0 Å². The quantitative estimate of drug-likeness (QED) is 0.473. The van der Waals surface area contributed by atoms with Gasteiger partial charge in [-0.3, -0.25) is 0 Å². The molecule has 0 aliphatic carbocycles. The minimum absolute atomic E-state index is 1.41. The summed E-state index contributed by atoms with van der Waals surface area (Å²) in [6, 6.07) is 0. The van der Waals surface area contributed by atoms with E-state index in [1.807, 2.05) is 22.8 Å². The zero-order valence-corrected chi connectivity index (χ0v) is 9.50. The molecule has 60 valence electrons. The number of rotatable bonds is 5. The number of hydrogen-bond acceptors (Lipinski definition) is 0. The lowest BCUT2D eigenvalue weighted by Gasteiger charge is -2.21. The van der Waals surface area contributed by atoms with Gasteiger partial charge in [0.2, 0.25) is 0 Å². The highest BCUT2D eigenvalue weighted by Gasteiger charge is 2.30. The first-order chi connectivity index (χ1) is 5.16. The molecule has 1 unspecified atom stereocenters. The average Bonchev–Trinajstić information content (AvgIpc) is 2.08. The van der Waals surface area contributed by atoms with Crippen LogP contribution >= 0.6 is 11.1 Å². The normalized spacial score (nSPS) is 13.2. The van der Waals surface area contributed by atoms with E-state index in [0.717, 1.165) is 0 Å². The van der Waals surface area contributed by atoms with Gasteiger partial charge in [0.05, 0.1) is 0 Å². The van der Waals surface area contributed by atoms with E-state index in [0.29, 0.717) is 0 Å². The van der Waals surface area contributed by atoms with Gasteiger partial charge in [0.25, 0.3) is 0 Å². The summed E-state index contributed by atoms with van der Waals surface area (Å²) >= 11 is 6.16. The minimum Gasteiger partial charge on any atom is -0.169 e. The Labute approximate surface area is 75.7 Å². The molecule has 0 aliphatic rings. The van der Waals surface area contributed by atoms with Crippen LogP contribution in [0.15, 0.2) is 49.1 Å². The molecular weight excluding hydrogens is 188 g/mol. The first-order valence-corrected chi connectivity index (χ1v) is 9.79. The van der Waals surface area contributed by atoms with E-state index in [9.17, 15) is 0 Å². The van der Waals surface area contributed by atoms with Crippen LogP contribution in [0.1, 0.15) is 0 Å². The molecule has 0 aromatic heterocycles. The molecule has 0 amide bonds. The third-order valence-corrected chi connectivity index (χ3v) is 14.9. The molecule has 0 N–H and O–H groups in total. The Morgan fingerprint density at radius 2 is 1.36 bits per heavy atom. The monoisotopic (exact) mass is 200 g/mol. The molecule has 0 fully saturated rings. The summed E-state index contributed by atoms with van der Waals surface area (Å²) in [6.45, 7) is 15.0. The fourth-order valence-corrected chi connectivity index (χ4v) is 8.03. The molecule has 0 nitrogen and oxygen atoms in total.